The van der Waals surface area contributed by atoms with E-state index in [2.05, 4.69) is 0 Å². The molecule has 0 bridgehead atoms. The number of likely N-dealkylation sites (tertiary alicyclic amines) is 1. The largest absolute Gasteiger partial charge is 0.444 e. The lowest BCUT2D eigenvalue weighted by Crippen LogP contribution is -2.50. The van der Waals surface area contributed by atoms with Crippen molar-refractivity contribution in [3.63, 3.8) is 0 Å². The monoisotopic (exact) mass is 231 g/mol. The lowest BCUT2D eigenvalue weighted by Gasteiger charge is -2.35. The zero-order valence-corrected chi connectivity index (χ0v) is 10.4. The van der Waals surface area contributed by atoms with Gasteiger partial charge < -0.3 is 19.5 Å². The SMILES string of the molecule is CO[C@@H]1C[C@@H](O)CN(C(=O)OC(C)(C)C)C1. The van der Waals surface area contributed by atoms with Gasteiger partial charge >= 0.3 is 6.09 Å². The van der Waals surface area contributed by atoms with Crippen molar-refractivity contribution in [2.75, 3.05) is 20.2 Å². The van der Waals surface area contributed by atoms with Gasteiger partial charge in [-0.25, -0.2) is 4.79 Å². The molecule has 16 heavy (non-hydrogen) atoms. The van der Waals surface area contributed by atoms with E-state index in [1.54, 1.807) is 7.11 Å². The summed E-state index contributed by atoms with van der Waals surface area (Å²) >= 11 is 0. The van der Waals surface area contributed by atoms with Crippen molar-refractivity contribution in [2.45, 2.75) is 45.0 Å². The number of aliphatic hydroxyl groups excluding tert-OH is 1. The molecule has 5 heteroatoms. The van der Waals surface area contributed by atoms with Crippen LogP contribution in [-0.2, 0) is 9.47 Å². The predicted octanol–water partition coefficient (Wildman–Crippen LogP) is 1.00. The molecule has 1 saturated heterocycles. The highest BCUT2D eigenvalue weighted by Crippen LogP contribution is 2.17. The highest BCUT2D eigenvalue weighted by Gasteiger charge is 2.31. The van der Waals surface area contributed by atoms with E-state index in [0.29, 0.717) is 19.5 Å². The van der Waals surface area contributed by atoms with Gasteiger partial charge in [0.15, 0.2) is 0 Å². The highest BCUT2D eigenvalue weighted by molar-refractivity contribution is 5.68. The minimum atomic E-state index is -0.536. The molecule has 0 aromatic heterocycles. The van der Waals surface area contributed by atoms with Crippen molar-refractivity contribution in [1.82, 2.24) is 4.90 Å². The van der Waals surface area contributed by atoms with Gasteiger partial charge in [0.1, 0.15) is 5.60 Å². The Balaban J connectivity index is 2.55. The maximum atomic E-state index is 11.8. The molecule has 2 atom stereocenters. The van der Waals surface area contributed by atoms with E-state index in [-0.39, 0.29) is 6.10 Å². The first-order valence-corrected chi connectivity index (χ1v) is 5.50. The summed E-state index contributed by atoms with van der Waals surface area (Å²) in [5.74, 6) is 0. The molecular formula is C11H21NO4. The normalized spacial score (nSPS) is 26.7. The number of piperidine rings is 1. The zero-order valence-electron chi connectivity index (χ0n) is 10.4. The average Bonchev–Trinajstić information content (AvgIpc) is 2.14. The summed E-state index contributed by atoms with van der Waals surface area (Å²) in [6.45, 7) is 6.24. The number of hydrogen-bond acceptors (Lipinski definition) is 4. The average molecular weight is 231 g/mol. The summed E-state index contributed by atoms with van der Waals surface area (Å²) in [5.41, 5.74) is -0.512. The summed E-state index contributed by atoms with van der Waals surface area (Å²) in [6, 6.07) is 0. The Bertz CT molecular complexity index is 249. The molecule has 5 nitrogen and oxygen atoms in total. The van der Waals surface area contributed by atoms with Crippen LogP contribution in [0, 0.1) is 0 Å². The zero-order chi connectivity index (χ0) is 12.3. The molecule has 0 aromatic carbocycles. The predicted molar refractivity (Wildman–Crippen MR) is 59.2 cm³/mol. The van der Waals surface area contributed by atoms with Gasteiger partial charge in [0, 0.05) is 13.5 Å². The fourth-order valence-corrected chi connectivity index (χ4v) is 1.67. The molecule has 0 unspecified atom stereocenters. The van der Waals surface area contributed by atoms with Gasteiger partial charge in [-0.3, -0.25) is 0 Å². The van der Waals surface area contributed by atoms with Crippen LogP contribution >= 0.6 is 0 Å². The van der Waals surface area contributed by atoms with Crippen LogP contribution in [0.5, 0.6) is 0 Å². The van der Waals surface area contributed by atoms with E-state index in [1.165, 1.54) is 4.90 Å². The van der Waals surface area contributed by atoms with Gasteiger partial charge in [-0.2, -0.15) is 0 Å². The van der Waals surface area contributed by atoms with Crippen LogP contribution in [0.3, 0.4) is 0 Å². The summed E-state index contributed by atoms with van der Waals surface area (Å²) < 4.78 is 10.4. The Morgan fingerprint density at radius 2 is 2.00 bits per heavy atom. The lowest BCUT2D eigenvalue weighted by molar-refractivity contribution is -0.0419. The molecule has 0 aliphatic carbocycles. The van der Waals surface area contributed by atoms with E-state index in [0.717, 1.165) is 0 Å². The number of carbonyl (C=O) groups is 1. The molecule has 0 spiro atoms. The van der Waals surface area contributed by atoms with Crippen LogP contribution in [-0.4, -0.2) is 54.1 Å². The summed E-state index contributed by atoms with van der Waals surface area (Å²) in [5, 5.41) is 9.60. The minimum Gasteiger partial charge on any atom is -0.444 e. The number of β-amino-alcohol motifs (C(OH)–C–C–N with tert-alkyl or cyclic N) is 1. The topological polar surface area (TPSA) is 59.0 Å². The summed E-state index contributed by atoms with van der Waals surface area (Å²) in [7, 11) is 1.58. The Morgan fingerprint density at radius 3 is 2.50 bits per heavy atom. The number of amides is 1. The Labute approximate surface area is 96.3 Å². The fourth-order valence-electron chi connectivity index (χ4n) is 1.67. The van der Waals surface area contributed by atoms with Crippen molar-refractivity contribution in [3.05, 3.63) is 0 Å². The van der Waals surface area contributed by atoms with Crippen LogP contribution in [0.15, 0.2) is 0 Å². The van der Waals surface area contributed by atoms with Crippen molar-refractivity contribution in [2.24, 2.45) is 0 Å². The number of aliphatic hydroxyl groups is 1. The molecule has 1 rings (SSSR count). The lowest BCUT2D eigenvalue weighted by atomic mass is 10.1. The fraction of sp³-hybridized carbons (Fsp3) is 0.909. The maximum Gasteiger partial charge on any atom is 0.410 e. The van der Waals surface area contributed by atoms with E-state index in [1.807, 2.05) is 20.8 Å². The van der Waals surface area contributed by atoms with Gasteiger partial charge in [0.05, 0.1) is 25.3 Å². The molecule has 0 aromatic rings. The number of methoxy groups -OCH3 is 1. The maximum absolute atomic E-state index is 11.8. The van der Waals surface area contributed by atoms with Crippen LogP contribution < -0.4 is 0 Å². The molecule has 94 valence electrons. The van der Waals surface area contributed by atoms with E-state index >= 15 is 0 Å². The molecule has 1 fully saturated rings. The highest BCUT2D eigenvalue weighted by atomic mass is 16.6. The van der Waals surface area contributed by atoms with Gasteiger partial charge in [-0.15, -0.1) is 0 Å². The standard InChI is InChI=1S/C11H21NO4/c1-11(2,3)16-10(14)12-6-8(13)5-9(7-12)15-4/h8-9,13H,5-7H2,1-4H3/t8-,9-/m1/s1. The van der Waals surface area contributed by atoms with E-state index in [9.17, 15) is 9.90 Å². The second kappa shape index (κ2) is 5.01. The van der Waals surface area contributed by atoms with Crippen LogP contribution in [0.1, 0.15) is 27.2 Å². The first kappa shape index (κ1) is 13.3. The number of rotatable bonds is 1. The Hall–Kier alpha value is -0.810. The number of nitrogens with zero attached hydrogens (tertiary/aromatic N) is 1. The Kier molecular flexibility index (Phi) is 4.15. The van der Waals surface area contributed by atoms with Crippen molar-refractivity contribution in [3.8, 4) is 0 Å². The van der Waals surface area contributed by atoms with Crippen molar-refractivity contribution in [1.29, 1.82) is 0 Å². The van der Waals surface area contributed by atoms with Crippen LogP contribution in [0.2, 0.25) is 0 Å². The third-order valence-electron chi connectivity index (χ3n) is 2.38. The summed E-state index contributed by atoms with van der Waals surface area (Å²) in [6.07, 6.45) is -0.480. The molecule has 1 aliphatic heterocycles. The molecule has 1 aliphatic rings. The van der Waals surface area contributed by atoms with Crippen molar-refractivity contribution >= 4 is 6.09 Å². The van der Waals surface area contributed by atoms with E-state index in [4.69, 9.17) is 9.47 Å². The number of hydrogen-bond donors (Lipinski definition) is 1. The molecule has 1 amide bonds. The van der Waals surface area contributed by atoms with Gasteiger partial charge in [-0.1, -0.05) is 0 Å². The van der Waals surface area contributed by atoms with Gasteiger partial charge in [0.2, 0.25) is 0 Å². The quantitative estimate of drug-likeness (QED) is 0.731. The first-order chi connectivity index (χ1) is 7.31. The smallest absolute Gasteiger partial charge is 0.410 e. The number of ether oxygens (including phenoxy) is 2. The minimum absolute atomic E-state index is 0.115. The summed E-state index contributed by atoms with van der Waals surface area (Å²) in [4.78, 5) is 13.3. The van der Waals surface area contributed by atoms with Gasteiger partial charge in [0.25, 0.3) is 0 Å². The molecule has 0 saturated carbocycles. The first-order valence-electron chi connectivity index (χ1n) is 5.50. The third kappa shape index (κ3) is 3.98. The molecule has 0 radical (unpaired) electrons. The third-order valence-corrected chi connectivity index (χ3v) is 2.38. The molecule has 1 N–H and O–H groups in total. The van der Waals surface area contributed by atoms with Crippen LogP contribution in [0.4, 0.5) is 4.79 Å². The second-order valence-corrected chi connectivity index (χ2v) is 5.13. The second-order valence-electron chi connectivity index (χ2n) is 5.13. The molecule has 1 heterocycles. The van der Waals surface area contributed by atoms with Crippen molar-refractivity contribution < 1.29 is 19.4 Å². The number of carbonyl (C=O) groups excluding carboxylic acids is 1. The van der Waals surface area contributed by atoms with E-state index < -0.39 is 17.8 Å². The van der Waals surface area contributed by atoms with Gasteiger partial charge in [-0.05, 0) is 20.8 Å². The van der Waals surface area contributed by atoms with Crippen LogP contribution in [0.25, 0.3) is 0 Å². The molecular weight excluding hydrogens is 210 g/mol. The Morgan fingerprint density at radius 1 is 1.38 bits per heavy atom.